The van der Waals surface area contributed by atoms with Crippen molar-refractivity contribution in [3.8, 4) is 5.75 Å². The normalized spacial score (nSPS) is 25.4. The predicted octanol–water partition coefficient (Wildman–Crippen LogP) is 1.76. The zero-order valence-electron chi connectivity index (χ0n) is 11.9. The number of ether oxygens (including phenoxy) is 2. The number of halogens is 1. The summed E-state index contributed by atoms with van der Waals surface area (Å²) in [6, 6.07) is 6.67. The zero-order valence-corrected chi connectivity index (χ0v) is 12.7. The van der Waals surface area contributed by atoms with Crippen LogP contribution in [-0.4, -0.2) is 43.0 Å². The van der Waals surface area contributed by atoms with Gasteiger partial charge in [-0.3, -0.25) is 4.79 Å². The maximum Gasteiger partial charge on any atom is 0.258 e. The van der Waals surface area contributed by atoms with E-state index in [0.717, 1.165) is 19.3 Å². The number of carbonyl (C=O) groups excluding carboxylic acids is 1. The summed E-state index contributed by atoms with van der Waals surface area (Å²) < 4.78 is 10.6. The van der Waals surface area contributed by atoms with Crippen molar-refractivity contribution in [2.75, 3.05) is 13.7 Å². The molecule has 2 N–H and O–H groups in total. The molecule has 0 heterocycles. The first-order valence-electron chi connectivity index (χ1n) is 6.99. The van der Waals surface area contributed by atoms with Crippen LogP contribution >= 0.6 is 11.6 Å². The number of carbonyl (C=O) groups is 1. The van der Waals surface area contributed by atoms with Gasteiger partial charge in [0.1, 0.15) is 11.9 Å². The first-order chi connectivity index (χ1) is 10.1. The van der Waals surface area contributed by atoms with Gasteiger partial charge in [-0.1, -0.05) is 23.7 Å². The molecule has 1 fully saturated rings. The van der Waals surface area contributed by atoms with Gasteiger partial charge in [0.05, 0.1) is 17.2 Å². The lowest BCUT2D eigenvalue weighted by Crippen LogP contribution is -2.52. The summed E-state index contributed by atoms with van der Waals surface area (Å²) in [6.45, 7) is -0.134. The highest BCUT2D eigenvalue weighted by molar-refractivity contribution is 6.32. The molecular weight excluding hydrogens is 294 g/mol. The van der Waals surface area contributed by atoms with E-state index >= 15 is 0 Å². The van der Waals surface area contributed by atoms with E-state index in [2.05, 4.69) is 5.32 Å². The Bertz CT molecular complexity index is 482. The first-order valence-corrected chi connectivity index (χ1v) is 7.37. The third kappa shape index (κ3) is 4.33. The number of benzene rings is 1. The molecular formula is C15H20ClNO4. The van der Waals surface area contributed by atoms with Gasteiger partial charge in [-0.15, -0.1) is 0 Å². The highest BCUT2D eigenvalue weighted by Gasteiger charge is 2.32. The highest BCUT2D eigenvalue weighted by Crippen LogP contribution is 2.23. The monoisotopic (exact) mass is 313 g/mol. The molecule has 1 amide bonds. The molecule has 116 valence electrons. The van der Waals surface area contributed by atoms with Crippen LogP contribution in [-0.2, 0) is 9.53 Å². The fourth-order valence-electron chi connectivity index (χ4n) is 2.51. The average molecular weight is 314 g/mol. The molecule has 0 unspecified atom stereocenters. The smallest absolute Gasteiger partial charge is 0.258 e. The summed E-state index contributed by atoms with van der Waals surface area (Å²) in [6.07, 6.45) is 1.53. The molecule has 1 aliphatic rings. The number of amides is 1. The van der Waals surface area contributed by atoms with Crippen LogP contribution in [0.4, 0.5) is 0 Å². The molecule has 2 rings (SSSR count). The van der Waals surface area contributed by atoms with Crippen molar-refractivity contribution in [2.24, 2.45) is 0 Å². The van der Waals surface area contributed by atoms with Crippen LogP contribution < -0.4 is 10.1 Å². The fraction of sp³-hybridized carbons (Fsp3) is 0.533. The van der Waals surface area contributed by atoms with E-state index < -0.39 is 6.10 Å². The number of aliphatic hydroxyl groups is 1. The van der Waals surface area contributed by atoms with E-state index in [1.54, 1.807) is 31.4 Å². The van der Waals surface area contributed by atoms with E-state index in [-0.39, 0.29) is 24.7 Å². The minimum Gasteiger partial charge on any atom is -0.482 e. The van der Waals surface area contributed by atoms with Crippen LogP contribution in [0.25, 0.3) is 0 Å². The third-order valence-corrected chi connectivity index (χ3v) is 3.95. The van der Waals surface area contributed by atoms with Gasteiger partial charge in [0.25, 0.3) is 5.91 Å². The predicted molar refractivity (Wildman–Crippen MR) is 79.5 cm³/mol. The van der Waals surface area contributed by atoms with Crippen LogP contribution in [0.5, 0.6) is 5.75 Å². The molecule has 0 saturated heterocycles. The molecule has 0 bridgehead atoms. The van der Waals surface area contributed by atoms with Gasteiger partial charge in [0, 0.05) is 7.11 Å². The molecule has 1 aromatic rings. The number of hydrogen-bond donors (Lipinski definition) is 2. The Morgan fingerprint density at radius 2 is 2.19 bits per heavy atom. The molecule has 1 saturated carbocycles. The van der Waals surface area contributed by atoms with Crippen molar-refractivity contribution >= 4 is 17.5 Å². The second kappa shape index (κ2) is 7.64. The van der Waals surface area contributed by atoms with E-state index in [9.17, 15) is 9.90 Å². The summed E-state index contributed by atoms with van der Waals surface area (Å²) in [4.78, 5) is 11.9. The van der Waals surface area contributed by atoms with Gasteiger partial charge in [0.2, 0.25) is 0 Å². The molecule has 0 aromatic heterocycles. The Morgan fingerprint density at radius 1 is 1.43 bits per heavy atom. The Morgan fingerprint density at radius 3 is 2.90 bits per heavy atom. The lowest BCUT2D eigenvalue weighted by atomic mass is 9.90. The summed E-state index contributed by atoms with van der Waals surface area (Å²) in [5, 5.41) is 13.4. The van der Waals surface area contributed by atoms with Crippen LogP contribution in [0.1, 0.15) is 19.3 Å². The Labute approximate surface area is 129 Å². The SMILES string of the molecule is CO[C@@H]1CCC[C@@H](NC(=O)COc2ccccc2Cl)[C@H]1O. The van der Waals surface area contributed by atoms with Crippen LogP contribution in [0.3, 0.4) is 0 Å². The summed E-state index contributed by atoms with van der Waals surface area (Å²) in [5.41, 5.74) is 0. The third-order valence-electron chi connectivity index (χ3n) is 3.64. The standard InChI is InChI=1S/C15H20ClNO4/c1-20-13-8-4-6-11(15(13)19)17-14(18)9-21-12-7-3-2-5-10(12)16/h2-3,5,7,11,13,15,19H,4,6,8-9H2,1H3,(H,17,18)/t11-,13-,15-/m1/s1. The minimum atomic E-state index is -0.687. The van der Waals surface area contributed by atoms with Gasteiger partial charge in [-0.2, -0.15) is 0 Å². The number of rotatable bonds is 5. The van der Waals surface area contributed by atoms with E-state index in [0.29, 0.717) is 10.8 Å². The molecule has 1 aromatic carbocycles. The molecule has 0 radical (unpaired) electrons. The molecule has 1 aliphatic carbocycles. The van der Waals surface area contributed by atoms with Crippen molar-refractivity contribution in [3.63, 3.8) is 0 Å². The molecule has 0 spiro atoms. The average Bonchev–Trinajstić information content (AvgIpc) is 2.48. The van der Waals surface area contributed by atoms with Gasteiger partial charge >= 0.3 is 0 Å². The Kier molecular flexibility index (Phi) is 5.85. The van der Waals surface area contributed by atoms with Crippen molar-refractivity contribution in [1.82, 2.24) is 5.32 Å². The molecule has 5 nitrogen and oxygen atoms in total. The number of hydrogen-bond acceptors (Lipinski definition) is 4. The number of methoxy groups -OCH3 is 1. The van der Waals surface area contributed by atoms with E-state index in [4.69, 9.17) is 21.1 Å². The number of nitrogens with one attached hydrogen (secondary N) is 1. The van der Waals surface area contributed by atoms with Gasteiger partial charge in [-0.05, 0) is 31.4 Å². The highest BCUT2D eigenvalue weighted by atomic mass is 35.5. The molecule has 0 aliphatic heterocycles. The molecule has 3 atom stereocenters. The van der Waals surface area contributed by atoms with Gasteiger partial charge in [-0.25, -0.2) is 0 Å². The van der Waals surface area contributed by atoms with Crippen molar-refractivity contribution in [2.45, 2.75) is 37.5 Å². The van der Waals surface area contributed by atoms with Crippen molar-refractivity contribution in [1.29, 1.82) is 0 Å². The fourth-order valence-corrected chi connectivity index (χ4v) is 2.70. The molecule has 6 heteroatoms. The minimum absolute atomic E-state index is 0.134. The maximum absolute atomic E-state index is 11.9. The Balaban J connectivity index is 1.83. The number of para-hydroxylation sites is 1. The quantitative estimate of drug-likeness (QED) is 0.869. The van der Waals surface area contributed by atoms with Crippen LogP contribution in [0.15, 0.2) is 24.3 Å². The molecule has 21 heavy (non-hydrogen) atoms. The lowest BCUT2D eigenvalue weighted by molar-refractivity contribution is -0.126. The largest absolute Gasteiger partial charge is 0.482 e. The van der Waals surface area contributed by atoms with E-state index in [1.165, 1.54) is 0 Å². The maximum atomic E-state index is 11.9. The number of aliphatic hydroxyl groups excluding tert-OH is 1. The van der Waals surface area contributed by atoms with Crippen molar-refractivity contribution < 1.29 is 19.4 Å². The first kappa shape index (κ1) is 16.1. The second-order valence-corrected chi connectivity index (χ2v) is 5.50. The second-order valence-electron chi connectivity index (χ2n) is 5.09. The van der Waals surface area contributed by atoms with Crippen LogP contribution in [0.2, 0.25) is 5.02 Å². The van der Waals surface area contributed by atoms with E-state index in [1.807, 2.05) is 0 Å². The lowest BCUT2D eigenvalue weighted by Gasteiger charge is -2.34. The Hall–Kier alpha value is -1.30. The zero-order chi connectivity index (χ0) is 15.2. The van der Waals surface area contributed by atoms with Gasteiger partial charge < -0.3 is 19.9 Å². The topological polar surface area (TPSA) is 67.8 Å². The van der Waals surface area contributed by atoms with Crippen LogP contribution in [0, 0.1) is 0 Å². The summed E-state index contributed by atoms with van der Waals surface area (Å²) in [5.74, 6) is 0.184. The van der Waals surface area contributed by atoms with Gasteiger partial charge in [0.15, 0.2) is 6.61 Å². The summed E-state index contributed by atoms with van der Waals surface area (Å²) in [7, 11) is 1.57. The van der Waals surface area contributed by atoms with Crippen molar-refractivity contribution in [3.05, 3.63) is 29.3 Å². The summed E-state index contributed by atoms with van der Waals surface area (Å²) >= 11 is 5.95.